The third-order valence-electron chi connectivity index (χ3n) is 1.09. The van der Waals surface area contributed by atoms with Crippen molar-refractivity contribution < 1.29 is 9.59 Å². The molecule has 0 saturated heterocycles. The molecule has 1 aliphatic heterocycles. The van der Waals surface area contributed by atoms with Gasteiger partial charge in [0.25, 0.3) is 11.8 Å². The Kier molecular flexibility index (Phi) is 2.15. The van der Waals surface area contributed by atoms with Crippen LogP contribution in [0.2, 0.25) is 0 Å². The number of amides is 2. The van der Waals surface area contributed by atoms with E-state index in [1.54, 1.807) is 6.07 Å². The van der Waals surface area contributed by atoms with Gasteiger partial charge in [-0.15, -0.1) is 0 Å². The minimum absolute atomic E-state index is 0.286. The lowest BCUT2D eigenvalue weighted by molar-refractivity contribution is -0.129. The summed E-state index contributed by atoms with van der Waals surface area (Å²) in [5, 5.41) is 8.05. The van der Waals surface area contributed by atoms with Gasteiger partial charge in [0, 0.05) is 0 Å². The van der Waals surface area contributed by atoms with E-state index in [4.69, 9.17) is 16.9 Å². The predicted molar refractivity (Wildman–Crippen MR) is 44.4 cm³/mol. The van der Waals surface area contributed by atoms with Crippen molar-refractivity contribution in [2.45, 2.75) is 0 Å². The highest BCUT2D eigenvalue weighted by atomic mass is 127. The first-order valence-corrected chi connectivity index (χ1v) is 3.78. The van der Waals surface area contributed by atoms with Crippen molar-refractivity contribution in [1.29, 1.82) is 5.26 Å². The summed E-state index contributed by atoms with van der Waals surface area (Å²) in [6.07, 6.45) is 0. The van der Waals surface area contributed by atoms with Crippen molar-refractivity contribution in [3.8, 4) is 6.07 Å². The van der Waals surface area contributed by atoms with Crippen LogP contribution in [0.15, 0.2) is 10.6 Å². The summed E-state index contributed by atoms with van der Waals surface area (Å²) in [5.41, 5.74) is -0.286. The second-order valence-electron chi connectivity index (χ2n) is 1.69. The Morgan fingerprint density at radius 3 is 2.18 bits per heavy atom. The van der Waals surface area contributed by atoms with Crippen LogP contribution in [0.25, 0.3) is 0 Å². The molecular weight excluding hydrogens is 282 g/mol. The fourth-order valence-electron chi connectivity index (χ4n) is 0.574. The van der Waals surface area contributed by atoms with Crippen molar-refractivity contribution in [2.75, 3.05) is 0 Å². The van der Waals surface area contributed by atoms with Gasteiger partial charge in [-0.25, -0.2) is 3.11 Å². The number of carbonyl (C=O) groups is 2. The van der Waals surface area contributed by atoms with Crippen molar-refractivity contribution >= 4 is 46.3 Å². The van der Waals surface area contributed by atoms with Crippen LogP contribution in [0, 0.1) is 11.3 Å². The van der Waals surface area contributed by atoms with E-state index in [0.29, 0.717) is 0 Å². The maximum absolute atomic E-state index is 10.9. The fourth-order valence-corrected chi connectivity index (χ4v) is 1.41. The van der Waals surface area contributed by atoms with Gasteiger partial charge in [0.1, 0.15) is 16.7 Å². The molecule has 56 valence electrons. The van der Waals surface area contributed by atoms with Gasteiger partial charge in [-0.3, -0.25) is 9.59 Å². The summed E-state index contributed by atoms with van der Waals surface area (Å²) >= 11 is 6.85. The number of nitriles is 1. The number of carbonyl (C=O) groups excluding carboxylic acids is 2. The largest absolute Gasteiger partial charge is 0.282 e. The first-order chi connectivity index (χ1) is 5.09. The van der Waals surface area contributed by atoms with E-state index >= 15 is 0 Å². The lowest BCUT2D eigenvalue weighted by Crippen LogP contribution is -2.19. The van der Waals surface area contributed by atoms with Crippen LogP contribution in [0.4, 0.5) is 0 Å². The minimum atomic E-state index is -0.650. The smallest absolute Gasteiger partial charge is 0.267 e. The number of hydrogen-bond acceptors (Lipinski definition) is 3. The Morgan fingerprint density at radius 2 is 2.00 bits per heavy atom. The average Bonchev–Trinajstić information content (AvgIpc) is 2.17. The van der Waals surface area contributed by atoms with Crippen LogP contribution >= 0.6 is 34.5 Å². The van der Waals surface area contributed by atoms with Crippen molar-refractivity contribution in [2.24, 2.45) is 0 Å². The molecule has 0 N–H and O–H groups in total. The monoisotopic (exact) mass is 282 g/mol. The second-order valence-corrected chi connectivity index (χ2v) is 3.03. The summed E-state index contributed by atoms with van der Waals surface area (Å²) in [5.74, 6) is -1.28. The Bertz CT molecular complexity index is 317. The predicted octanol–water partition coefficient (Wildman–Crippen LogP) is 0.722. The van der Waals surface area contributed by atoms with E-state index in [0.717, 1.165) is 3.11 Å². The molecule has 0 saturated carbocycles. The molecule has 1 aliphatic rings. The van der Waals surface area contributed by atoms with Gasteiger partial charge in [-0.1, -0.05) is 11.6 Å². The number of rotatable bonds is 0. The van der Waals surface area contributed by atoms with Crippen LogP contribution < -0.4 is 0 Å². The van der Waals surface area contributed by atoms with Crippen LogP contribution in [0.3, 0.4) is 0 Å². The molecule has 0 radical (unpaired) electrons. The topological polar surface area (TPSA) is 61.2 Å². The highest BCUT2D eigenvalue weighted by Crippen LogP contribution is 2.25. The SMILES string of the molecule is N#CC1=C(Cl)C(=O)N(I)C1=O. The third-order valence-corrected chi connectivity index (χ3v) is 2.32. The van der Waals surface area contributed by atoms with E-state index in [2.05, 4.69) is 0 Å². The Hall–Kier alpha value is -0.610. The molecule has 11 heavy (non-hydrogen) atoms. The van der Waals surface area contributed by atoms with Gasteiger partial charge in [0.15, 0.2) is 0 Å². The van der Waals surface area contributed by atoms with E-state index in [9.17, 15) is 9.59 Å². The van der Waals surface area contributed by atoms with E-state index in [-0.39, 0.29) is 10.6 Å². The average molecular weight is 282 g/mol. The van der Waals surface area contributed by atoms with E-state index in [1.165, 1.54) is 22.9 Å². The maximum atomic E-state index is 10.9. The van der Waals surface area contributed by atoms with E-state index in [1.807, 2.05) is 0 Å². The molecule has 0 bridgehead atoms. The zero-order valence-electron chi connectivity index (χ0n) is 4.97. The summed E-state index contributed by atoms with van der Waals surface area (Å²) < 4.78 is 0.776. The van der Waals surface area contributed by atoms with Gasteiger partial charge in [0.2, 0.25) is 0 Å². The molecule has 4 nitrogen and oxygen atoms in total. The molecule has 0 unspecified atom stereocenters. The number of hydrogen-bond donors (Lipinski definition) is 0. The summed E-state index contributed by atoms with van der Waals surface area (Å²) in [6, 6.07) is 1.56. The zero-order valence-corrected chi connectivity index (χ0v) is 7.88. The van der Waals surface area contributed by atoms with Gasteiger partial charge < -0.3 is 0 Å². The number of nitrogens with zero attached hydrogens (tertiary/aromatic N) is 2. The highest BCUT2D eigenvalue weighted by molar-refractivity contribution is 14.1. The molecule has 0 aromatic carbocycles. The Balaban J connectivity index is 3.21. The van der Waals surface area contributed by atoms with Gasteiger partial charge in [-0.2, -0.15) is 5.26 Å². The molecule has 6 heteroatoms. The van der Waals surface area contributed by atoms with E-state index < -0.39 is 11.8 Å². The van der Waals surface area contributed by atoms with Crippen LogP contribution in [-0.4, -0.2) is 14.9 Å². The quantitative estimate of drug-likeness (QED) is 0.374. The first kappa shape index (κ1) is 8.49. The summed E-state index contributed by atoms with van der Waals surface area (Å²) in [4.78, 5) is 21.7. The zero-order chi connectivity index (χ0) is 8.59. The third kappa shape index (κ3) is 1.12. The molecule has 2 amide bonds. The lowest BCUT2D eigenvalue weighted by atomic mass is 10.3. The molecule has 1 rings (SSSR count). The van der Waals surface area contributed by atoms with Gasteiger partial charge in [-0.05, 0) is 0 Å². The van der Waals surface area contributed by atoms with Crippen LogP contribution in [0.5, 0.6) is 0 Å². The van der Waals surface area contributed by atoms with Crippen molar-refractivity contribution in [3.63, 3.8) is 0 Å². The molecule has 0 fully saturated rings. The molecule has 0 aliphatic carbocycles. The molecular formula is C5ClIN2O2. The van der Waals surface area contributed by atoms with Crippen LogP contribution in [0.1, 0.15) is 0 Å². The van der Waals surface area contributed by atoms with Gasteiger partial charge >= 0.3 is 0 Å². The van der Waals surface area contributed by atoms with Crippen LogP contribution in [-0.2, 0) is 9.59 Å². The normalized spacial score (nSPS) is 17.7. The standard InChI is InChI=1S/C5ClIN2O2/c6-3-2(1-8)4(10)9(7)5(3)11. The second kappa shape index (κ2) is 2.79. The maximum Gasteiger partial charge on any atom is 0.282 e. The molecule has 0 atom stereocenters. The van der Waals surface area contributed by atoms with Gasteiger partial charge in [0.05, 0.1) is 22.9 Å². The molecule has 0 aromatic heterocycles. The summed E-state index contributed by atoms with van der Waals surface area (Å²) in [6.45, 7) is 0. The summed E-state index contributed by atoms with van der Waals surface area (Å²) in [7, 11) is 0. The molecule has 1 heterocycles. The number of imide groups is 1. The minimum Gasteiger partial charge on any atom is -0.267 e. The number of halogens is 2. The molecule has 0 spiro atoms. The first-order valence-electron chi connectivity index (χ1n) is 2.44. The Labute approximate surface area is 80.9 Å². The van der Waals surface area contributed by atoms with Crippen molar-refractivity contribution in [1.82, 2.24) is 3.11 Å². The van der Waals surface area contributed by atoms with Crippen molar-refractivity contribution in [3.05, 3.63) is 10.6 Å². The highest BCUT2D eigenvalue weighted by Gasteiger charge is 2.36. The molecule has 0 aromatic rings. The fraction of sp³-hybridized carbons (Fsp3) is 0. The lowest BCUT2D eigenvalue weighted by Gasteiger charge is -1.99. The Morgan fingerprint density at radius 1 is 1.45 bits per heavy atom.